The van der Waals surface area contributed by atoms with Gasteiger partial charge in [-0.05, 0) is 16.7 Å². The molecule has 1 atom stereocenters. The lowest BCUT2D eigenvalue weighted by molar-refractivity contribution is -0.137. The smallest absolute Gasteiger partial charge is 0.287 e. The zero-order valence-corrected chi connectivity index (χ0v) is 20.1. The lowest BCUT2D eigenvalue weighted by atomic mass is 10.0. The molecule has 4 aromatic rings. The van der Waals surface area contributed by atoms with Crippen LogP contribution in [0.5, 0.6) is 0 Å². The number of primary amides is 1. The molecule has 2 amide bonds. The maximum Gasteiger partial charge on any atom is 0.287 e. The van der Waals surface area contributed by atoms with Gasteiger partial charge in [-0.3, -0.25) is 14.4 Å². The fourth-order valence-electron chi connectivity index (χ4n) is 3.60. The molecule has 1 unspecified atom stereocenters. The van der Waals surface area contributed by atoms with E-state index < -0.39 is 23.6 Å². The number of Topliss-reactive ketones (excluding diaryl/α,β-unsaturated/α-hetero) is 1. The minimum atomic E-state index is -1.11. The van der Waals surface area contributed by atoms with Crippen LogP contribution in [0, 0.1) is 0 Å². The van der Waals surface area contributed by atoms with Gasteiger partial charge in [-0.1, -0.05) is 84.9 Å². The summed E-state index contributed by atoms with van der Waals surface area (Å²) in [7, 11) is 0. The lowest BCUT2D eigenvalue weighted by Gasteiger charge is -2.16. The number of carbonyl (C=O) groups is 3. The van der Waals surface area contributed by atoms with Crippen LogP contribution in [0.3, 0.4) is 0 Å². The third-order valence-electron chi connectivity index (χ3n) is 5.46. The zero-order chi connectivity index (χ0) is 25.3. The van der Waals surface area contributed by atoms with Gasteiger partial charge in [0, 0.05) is 12.0 Å². The molecule has 0 saturated heterocycles. The minimum absolute atomic E-state index is 0.0726. The number of amides is 2. The van der Waals surface area contributed by atoms with E-state index in [0.29, 0.717) is 24.5 Å². The van der Waals surface area contributed by atoms with Gasteiger partial charge in [-0.25, -0.2) is 0 Å². The Balaban J connectivity index is 1.43. The highest BCUT2D eigenvalue weighted by molar-refractivity contribution is 6.99. The SMILES string of the molecule is NC(=O)C(=O)C(Cc1ccccc1)NC(=O)c1nsnc1-c1ccc(COCc2ccccc2)cc1. The Bertz CT molecular complexity index is 1320. The number of nitrogens with two attached hydrogens (primary N) is 1. The summed E-state index contributed by atoms with van der Waals surface area (Å²) in [5, 5.41) is 2.61. The Kier molecular flexibility index (Phi) is 8.28. The highest BCUT2D eigenvalue weighted by atomic mass is 32.1. The van der Waals surface area contributed by atoms with Crippen LogP contribution in [0.2, 0.25) is 0 Å². The Morgan fingerprint density at radius 1 is 0.806 bits per heavy atom. The highest BCUT2D eigenvalue weighted by Crippen LogP contribution is 2.23. The van der Waals surface area contributed by atoms with E-state index >= 15 is 0 Å². The Labute approximate surface area is 212 Å². The van der Waals surface area contributed by atoms with E-state index in [1.165, 1.54) is 0 Å². The minimum Gasteiger partial charge on any atom is -0.372 e. The molecule has 0 aliphatic heterocycles. The summed E-state index contributed by atoms with van der Waals surface area (Å²) in [4.78, 5) is 37.0. The first-order chi connectivity index (χ1) is 17.5. The maximum atomic E-state index is 13.0. The monoisotopic (exact) mass is 500 g/mol. The Morgan fingerprint density at radius 2 is 1.39 bits per heavy atom. The fourth-order valence-corrected chi connectivity index (χ4v) is 4.17. The molecular formula is C27H24N4O4S. The van der Waals surface area contributed by atoms with Gasteiger partial charge in [0.1, 0.15) is 11.7 Å². The number of ketones is 1. The van der Waals surface area contributed by atoms with E-state index in [0.717, 1.165) is 28.4 Å². The second-order valence-electron chi connectivity index (χ2n) is 8.08. The summed E-state index contributed by atoms with van der Waals surface area (Å²) in [5.74, 6) is -2.60. The highest BCUT2D eigenvalue weighted by Gasteiger charge is 2.28. The van der Waals surface area contributed by atoms with Gasteiger partial charge in [0.05, 0.1) is 24.9 Å². The normalized spacial score (nSPS) is 11.6. The van der Waals surface area contributed by atoms with Gasteiger partial charge in [0.15, 0.2) is 5.69 Å². The van der Waals surface area contributed by atoms with E-state index in [4.69, 9.17) is 10.5 Å². The molecule has 0 spiro atoms. The molecule has 36 heavy (non-hydrogen) atoms. The van der Waals surface area contributed by atoms with Crippen LogP contribution in [0.1, 0.15) is 27.2 Å². The van der Waals surface area contributed by atoms with Crippen LogP contribution in [-0.2, 0) is 34.0 Å². The molecule has 0 fully saturated rings. The van der Waals surface area contributed by atoms with Gasteiger partial charge in [0.2, 0.25) is 5.78 Å². The van der Waals surface area contributed by atoms with Gasteiger partial charge in [-0.2, -0.15) is 8.75 Å². The first-order valence-electron chi connectivity index (χ1n) is 11.2. The second-order valence-corrected chi connectivity index (χ2v) is 8.61. The molecule has 8 nitrogen and oxygen atoms in total. The summed E-state index contributed by atoms with van der Waals surface area (Å²) in [6, 6.07) is 25.3. The van der Waals surface area contributed by atoms with Crippen LogP contribution in [-0.4, -0.2) is 32.4 Å². The van der Waals surface area contributed by atoms with E-state index in [2.05, 4.69) is 14.1 Å². The van der Waals surface area contributed by atoms with Crippen molar-refractivity contribution in [2.24, 2.45) is 5.73 Å². The van der Waals surface area contributed by atoms with Crippen molar-refractivity contribution in [3.05, 3.63) is 107 Å². The summed E-state index contributed by atoms with van der Waals surface area (Å²) < 4.78 is 14.2. The van der Waals surface area contributed by atoms with Gasteiger partial charge < -0.3 is 15.8 Å². The van der Waals surface area contributed by atoms with Crippen LogP contribution < -0.4 is 11.1 Å². The molecule has 4 rings (SSSR count). The average Bonchev–Trinajstić information content (AvgIpc) is 3.40. The Hall–Kier alpha value is -4.21. The molecule has 182 valence electrons. The van der Waals surface area contributed by atoms with Crippen molar-refractivity contribution in [3.8, 4) is 11.3 Å². The number of benzene rings is 3. The fraction of sp³-hybridized carbons (Fsp3) is 0.148. The number of nitrogens with one attached hydrogen (secondary N) is 1. The predicted octanol–water partition coefficient (Wildman–Crippen LogP) is 3.32. The third-order valence-corrected chi connectivity index (χ3v) is 5.99. The lowest BCUT2D eigenvalue weighted by Crippen LogP contribution is -2.47. The zero-order valence-electron chi connectivity index (χ0n) is 19.3. The summed E-state index contributed by atoms with van der Waals surface area (Å²) >= 11 is 0.889. The number of hydrogen-bond donors (Lipinski definition) is 2. The number of hydrogen-bond acceptors (Lipinski definition) is 7. The van der Waals surface area contributed by atoms with Gasteiger partial charge >= 0.3 is 0 Å². The van der Waals surface area contributed by atoms with Crippen LogP contribution in [0.15, 0.2) is 84.9 Å². The number of aromatic nitrogens is 2. The number of ether oxygens (including phenoxy) is 1. The molecule has 1 aromatic heterocycles. The first kappa shape index (κ1) is 24.9. The average molecular weight is 501 g/mol. The molecule has 9 heteroatoms. The molecular weight excluding hydrogens is 476 g/mol. The molecule has 0 aliphatic rings. The molecule has 0 radical (unpaired) electrons. The van der Waals surface area contributed by atoms with Crippen molar-refractivity contribution in [1.82, 2.24) is 14.1 Å². The topological polar surface area (TPSA) is 124 Å². The quantitative estimate of drug-likeness (QED) is 0.305. The first-order valence-corrected chi connectivity index (χ1v) is 12.0. The van der Waals surface area contributed by atoms with Crippen molar-refractivity contribution in [1.29, 1.82) is 0 Å². The van der Waals surface area contributed by atoms with E-state index in [1.807, 2.05) is 72.8 Å². The molecule has 0 aliphatic carbocycles. The molecule has 0 bridgehead atoms. The van der Waals surface area contributed by atoms with E-state index in [9.17, 15) is 14.4 Å². The number of carbonyl (C=O) groups excluding carboxylic acids is 3. The van der Waals surface area contributed by atoms with Crippen molar-refractivity contribution in [3.63, 3.8) is 0 Å². The Morgan fingerprint density at radius 3 is 2.00 bits per heavy atom. The summed E-state index contributed by atoms with van der Waals surface area (Å²) in [5.41, 5.74) is 9.21. The van der Waals surface area contributed by atoms with Crippen LogP contribution >= 0.6 is 11.7 Å². The van der Waals surface area contributed by atoms with Crippen LogP contribution in [0.25, 0.3) is 11.3 Å². The third kappa shape index (κ3) is 6.47. The second kappa shape index (κ2) is 12.0. The van der Waals surface area contributed by atoms with E-state index in [-0.39, 0.29) is 12.1 Å². The maximum absolute atomic E-state index is 13.0. The summed E-state index contributed by atoms with van der Waals surface area (Å²) in [6.45, 7) is 0.950. The number of rotatable bonds is 11. The summed E-state index contributed by atoms with van der Waals surface area (Å²) in [6.07, 6.45) is 0.124. The van der Waals surface area contributed by atoms with Gasteiger partial charge in [-0.15, -0.1) is 0 Å². The van der Waals surface area contributed by atoms with Gasteiger partial charge in [0.25, 0.3) is 11.8 Å². The molecule has 1 heterocycles. The molecule has 0 saturated carbocycles. The predicted molar refractivity (Wildman–Crippen MR) is 136 cm³/mol. The molecule has 3 N–H and O–H groups in total. The van der Waals surface area contributed by atoms with Crippen molar-refractivity contribution in [2.75, 3.05) is 0 Å². The number of nitrogens with zero attached hydrogens (tertiary/aromatic N) is 2. The largest absolute Gasteiger partial charge is 0.372 e. The van der Waals surface area contributed by atoms with E-state index in [1.54, 1.807) is 12.1 Å². The van der Waals surface area contributed by atoms with Crippen LogP contribution in [0.4, 0.5) is 0 Å². The standard InChI is InChI=1S/C27H24N4O4S/c28-26(33)25(32)22(15-18-7-3-1-4-8-18)29-27(34)24-23(30-36-31-24)21-13-11-20(12-14-21)17-35-16-19-9-5-2-6-10-19/h1-14,22H,15-17H2,(H2,28,33)(H,29,34). The van der Waals surface area contributed by atoms with Crippen molar-refractivity contribution in [2.45, 2.75) is 25.7 Å². The molecule has 3 aromatic carbocycles. The van der Waals surface area contributed by atoms with Crippen molar-refractivity contribution >= 4 is 29.3 Å². The van der Waals surface area contributed by atoms with Crippen molar-refractivity contribution < 1.29 is 19.1 Å².